The predicted molar refractivity (Wildman–Crippen MR) is 120 cm³/mol. The minimum absolute atomic E-state index is 0.00767. The maximum atomic E-state index is 14.9. The molecule has 0 spiro atoms. The summed E-state index contributed by atoms with van der Waals surface area (Å²) >= 11 is 0. The smallest absolute Gasteiger partial charge is 0.419 e. The van der Waals surface area contributed by atoms with E-state index >= 15 is 0 Å². The van der Waals surface area contributed by atoms with Gasteiger partial charge in [-0.25, -0.2) is 27.3 Å². The largest absolute Gasteiger partial charge is 0.442 e. The molecule has 2 saturated heterocycles. The van der Waals surface area contributed by atoms with Crippen LogP contribution in [0.15, 0.2) is 18.2 Å². The van der Waals surface area contributed by atoms with Gasteiger partial charge in [0.1, 0.15) is 21.8 Å². The van der Waals surface area contributed by atoms with Gasteiger partial charge in [-0.15, -0.1) is 0 Å². The van der Waals surface area contributed by atoms with Gasteiger partial charge < -0.3 is 14.2 Å². The molecule has 0 aromatic heterocycles. The first kappa shape index (κ1) is 26.4. The monoisotopic (exact) mass is 514 g/mol. The van der Waals surface area contributed by atoms with E-state index in [1.807, 2.05) is 0 Å². The second-order valence-electron chi connectivity index (χ2n) is 8.44. The third-order valence-electron chi connectivity index (χ3n) is 5.75. The standard InChI is InChI=1S/C22H27FN2O9S/c1-13(26)24(21(28)33-15(3)32-14(2)27)11-18-12-25(22(29)34-18)17-4-5-19(20(23)10-17)16-6-8-35(30,31)9-7-16/h4-5,10,15-16,18H,6-9,11-12H2,1-3H3/t15?,18-/m0/s1. The van der Waals surface area contributed by atoms with Crippen molar-refractivity contribution in [3.05, 3.63) is 29.6 Å². The molecule has 1 aromatic rings. The fourth-order valence-corrected chi connectivity index (χ4v) is 5.53. The molecule has 1 aromatic carbocycles. The van der Waals surface area contributed by atoms with E-state index in [0.717, 1.165) is 13.8 Å². The van der Waals surface area contributed by atoms with Crippen molar-refractivity contribution in [2.75, 3.05) is 29.5 Å². The molecule has 3 rings (SSSR count). The summed E-state index contributed by atoms with van der Waals surface area (Å²) in [7, 11) is -3.08. The van der Waals surface area contributed by atoms with Crippen molar-refractivity contribution in [3.8, 4) is 0 Å². The van der Waals surface area contributed by atoms with Crippen LogP contribution in [0.1, 0.15) is 45.1 Å². The first-order chi connectivity index (χ1) is 16.4. The highest BCUT2D eigenvalue weighted by atomic mass is 32.2. The van der Waals surface area contributed by atoms with E-state index in [9.17, 15) is 32.0 Å². The normalized spacial score (nSPS) is 20.6. The van der Waals surface area contributed by atoms with Crippen LogP contribution in [-0.2, 0) is 33.6 Å². The Bertz CT molecular complexity index is 1110. The second-order valence-corrected chi connectivity index (χ2v) is 10.7. The van der Waals surface area contributed by atoms with E-state index in [4.69, 9.17) is 14.2 Å². The Hall–Kier alpha value is -3.22. The number of nitrogens with zero attached hydrogens (tertiary/aromatic N) is 2. The molecule has 0 saturated carbocycles. The number of halogens is 1. The van der Waals surface area contributed by atoms with Crippen LogP contribution in [0.3, 0.4) is 0 Å². The lowest BCUT2D eigenvalue weighted by molar-refractivity contribution is -0.163. The Balaban J connectivity index is 1.65. The van der Waals surface area contributed by atoms with E-state index in [1.54, 1.807) is 6.07 Å². The molecule has 2 aliphatic rings. The number of carbonyl (C=O) groups excluding carboxylic acids is 4. The van der Waals surface area contributed by atoms with Crippen molar-refractivity contribution in [2.45, 2.75) is 51.9 Å². The van der Waals surface area contributed by atoms with Crippen LogP contribution >= 0.6 is 0 Å². The SMILES string of the molecule is CC(=O)OC(C)OC(=O)N(C[C@H]1CN(c2ccc(C3CCS(=O)(=O)CC3)c(F)c2)C(=O)O1)C(C)=O. The molecule has 2 fully saturated rings. The van der Waals surface area contributed by atoms with Gasteiger partial charge in [-0.2, -0.15) is 0 Å². The fourth-order valence-electron chi connectivity index (χ4n) is 4.04. The number of imide groups is 1. The molecule has 192 valence electrons. The molecule has 11 nitrogen and oxygen atoms in total. The number of anilines is 1. The van der Waals surface area contributed by atoms with Gasteiger partial charge in [0.2, 0.25) is 12.2 Å². The lowest BCUT2D eigenvalue weighted by Crippen LogP contribution is -2.43. The van der Waals surface area contributed by atoms with E-state index in [2.05, 4.69) is 0 Å². The zero-order valence-electron chi connectivity index (χ0n) is 19.6. The number of hydrogen-bond acceptors (Lipinski definition) is 9. The molecule has 3 amide bonds. The maximum Gasteiger partial charge on any atom is 0.419 e. The molecule has 0 aliphatic carbocycles. The summed E-state index contributed by atoms with van der Waals surface area (Å²) in [4.78, 5) is 49.6. The molecule has 2 atom stereocenters. The first-order valence-electron chi connectivity index (χ1n) is 11.0. The summed E-state index contributed by atoms with van der Waals surface area (Å²) in [6, 6.07) is 4.26. The molecule has 13 heteroatoms. The molecular weight excluding hydrogens is 487 g/mol. The minimum Gasteiger partial charge on any atom is -0.442 e. The predicted octanol–water partition coefficient (Wildman–Crippen LogP) is 2.34. The van der Waals surface area contributed by atoms with Crippen molar-refractivity contribution < 1.29 is 46.2 Å². The van der Waals surface area contributed by atoms with Crippen molar-refractivity contribution in [2.24, 2.45) is 0 Å². The highest BCUT2D eigenvalue weighted by Gasteiger charge is 2.37. The Labute approximate surface area is 202 Å². The van der Waals surface area contributed by atoms with Crippen LogP contribution < -0.4 is 4.90 Å². The number of cyclic esters (lactones) is 1. The third kappa shape index (κ3) is 6.68. The Morgan fingerprint density at radius 1 is 1.20 bits per heavy atom. The van der Waals surface area contributed by atoms with Gasteiger partial charge >= 0.3 is 18.2 Å². The fraction of sp³-hybridized carbons (Fsp3) is 0.545. The number of carbonyl (C=O) groups is 4. The molecule has 2 heterocycles. The van der Waals surface area contributed by atoms with Crippen molar-refractivity contribution in [3.63, 3.8) is 0 Å². The summed E-state index contributed by atoms with van der Waals surface area (Å²) < 4.78 is 53.0. The zero-order valence-corrected chi connectivity index (χ0v) is 20.4. The number of hydrogen-bond donors (Lipinski definition) is 0. The molecular formula is C22H27FN2O9S. The van der Waals surface area contributed by atoms with Crippen molar-refractivity contribution >= 4 is 39.6 Å². The van der Waals surface area contributed by atoms with Crippen molar-refractivity contribution in [1.29, 1.82) is 0 Å². The van der Waals surface area contributed by atoms with Gasteiger partial charge in [0.15, 0.2) is 0 Å². The molecule has 0 bridgehead atoms. The quantitative estimate of drug-likeness (QED) is 0.414. The molecule has 2 aliphatic heterocycles. The number of amides is 3. The van der Waals surface area contributed by atoms with E-state index in [1.165, 1.54) is 24.0 Å². The Kier molecular flexibility index (Phi) is 7.98. The average molecular weight is 515 g/mol. The summed E-state index contributed by atoms with van der Waals surface area (Å²) in [6.45, 7) is 3.18. The third-order valence-corrected chi connectivity index (χ3v) is 7.47. The molecule has 35 heavy (non-hydrogen) atoms. The van der Waals surface area contributed by atoms with E-state index < -0.39 is 52.1 Å². The number of rotatable bonds is 6. The summed E-state index contributed by atoms with van der Waals surface area (Å²) in [5.41, 5.74) is 0.614. The Morgan fingerprint density at radius 3 is 2.43 bits per heavy atom. The van der Waals surface area contributed by atoms with Crippen LogP contribution in [0.2, 0.25) is 0 Å². The number of sulfone groups is 1. The Morgan fingerprint density at radius 2 is 1.86 bits per heavy atom. The van der Waals surface area contributed by atoms with Crippen LogP contribution in [0.25, 0.3) is 0 Å². The highest BCUT2D eigenvalue weighted by Crippen LogP contribution is 2.33. The van der Waals surface area contributed by atoms with Crippen LogP contribution in [-0.4, -0.2) is 74.4 Å². The lowest BCUT2D eigenvalue weighted by Gasteiger charge is -2.24. The minimum atomic E-state index is -3.08. The summed E-state index contributed by atoms with van der Waals surface area (Å²) in [6.07, 6.45) is -3.33. The van der Waals surface area contributed by atoms with Crippen LogP contribution in [0.4, 0.5) is 19.7 Å². The zero-order chi connectivity index (χ0) is 25.9. The van der Waals surface area contributed by atoms with Gasteiger partial charge in [0, 0.05) is 20.8 Å². The van der Waals surface area contributed by atoms with Crippen LogP contribution in [0, 0.1) is 5.82 Å². The topological polar surface area (TPSA) is 137 Å². The number of esters is 1. The van der Waals surface area contributed by atoms with Crippen molar-refractivity contribution in [1.82, 2.24) is 4.90 Å². The maximum absolute atomic E-state index is 14.9. The summed E-state index contributed by atoms with van der Waals surface area (Å²) in [5, 5.41) is 0. The second kappa shape index (κ2) is 10.6. The average Bonchev–Trinajstić information content (AvgIpc) is 3.11. The molecule has 1 unspecified atom stereocenters. The number of ether oxygens (including phenoxy) is 3. The lowest BCUT2D eigenvalue weighted by atomic mass is 9.93. The summed E-state index contributed by atoms with van der Waals surface area (Å²) in [5.74, 6) is -2.12. The molecule has 0 radical (unpaired) electrons. The molecule has 0 N–H and O–H groups in total. The van der Waals surface area contributed by atoms with Gasteiger partial charge in [-0.05, 0) is 36.5 Å². The van der Waals surface area contributed by atoms with E-state index in [0.29, 0.717) is 23.3 Å². The first-order valence-corrected chi connectivity index (χ1v) is 12.8. The van der Waals surface area contributed by atoms with Gasteiger partial charge in [0.05, 0.1) is 30.3 Å². The number of benzene rings is 1. The van der Waals surface area contributed by atoms with E-state index in [-0.39, 0.29) is 36.2 Å². The van der Waals surface area contributed by atoms with Crippen LogP contribution in [0.5, 0.6) is 0 Å². The van der Waals surface area contributed by atoms with Gasteiger partial charge in [-0.1, -0.05) is 6.07 Å². The van der Waals surface area contributed by atoms with Gasteiger partial charge in [0.25, 0.3) is 0 Å². The highest BCUT2D eigenvalue weighted by molar-refractivity contribution is 7.91. The van der Waals surface area contributed by atoms with Gasteiger partial charge in [-0.3, -0.25) is 14.5 Å².